The number of rotatable bonds is 6. The van der Waals surface area contributed by atoms with Gasteiger partial charge in [-0.25, -0.2) is 4.68 Å². The van der Waals surface area contributed by atoms with Crippen LogP contribution in [-0.2, 0) is 0 Å². The molecule has 0 saturated carbocycles. The second kappa shape index (κ2) is 12.2. The van der Waals surface area contributed by atoms with Crippen molar-refractivity contribution in [3.8, 4) is 16.9 Å². The van der Waals surface area contributed by atoms with Crippen LogP contribution in [0, 0.1) is 0 Å². The van der Waals surface area contributed by atoms with Crippen molar-refractivity contribution in [2.45, 2.75) is 7.43 Å². The molecule has 0 unspecified atom stereocenters. The number of para-hydroxylation sites is 1. The zero-order valence-corrected chi connectivity index (χ0v) is 21.2. The zero-order chi connectivity index (χ0) is 24.9. The minimum atomic E-state index is -0.0693. The van der Waals surface area contributed by atoms with Crippen molar-refractivity contribution in [1.82, 2.24) is 19.6 Å². The highest BCUT2D eigenvalue weighted by Gasteiger charge is 2.27. The van der Waals surface area contributed by atoms with E-state index in [9.17, 15) is 4.79 Å². The molecule has 3 aromatic carbocycles. The van der Waals surface area contributed by atoms with E-state index in [1.807, 2.05) is 71.6 Å². The second-order valence-electron chi connectivity index (χ2n) is 8.66. The van der Waals surface area contributed by atoms with Crippen molar-refractivity contribution in [3.63, 3.8) is 0 Å². The lowest BCUT2D eigenvalue weighted by molar-refractivity contribution is 0.0641. The van der Waals surface area contributed by atoms with Gasteiger partial charge in [0.25, 0.3) is 5.91 Å². The number of hydrogen-bond donors (Lipinski definition) is 0. The van der Waals surface area contributed by atoms with Crippen LogP contribution in [0.1, 0.15) is 23.5 Å². The molecule has 1 fully saturated rings. The maximum absolute atomic E-state index is 13.7. The highest BCUT2D eigenvalue weighted by atomic mass is 35.5. The van der Waals surface area contributed by atoms with E-state index >= 15 is 0 Å². The number of carbonyl (C=O) groups excluding carboxylic acids is 1. The van der Waals surface area contributed by atoms with Crippen LogP contribution in [0.3, 0.4) is 0 Å². The van der Waals surface area contributed by atoms with Crippen LogP contribution in [0.2, 0.25) is 10.0 Å². The van der Waals surface area contributed by atoms with Crippen LogP contribution < -0.4 is 0 Å². The first kappa shape index (κ1) is 26.7. The monoisotopic (exact) mass is 532 g/mol. The standard InChI is InChI=1S/C29H26Cl2N4O.CH4/c30-24-13-5-4-12-23(24)26-21-28(35(32-26)27-15-7-6-14-25(27)31)29(36)34-19-17-33(18-20-34)16-8-11-22-9-2-1-3-10-22;/h1-15,21H,16-20H2;1H4/b11-8+;. The Kier molecular flexibility index (Phi) is 8.82. The van der Waals surface area contributed by atoms with Crippen molar-refractivity contribution in [1.29, 1.82) is 0 Å². The fourth-order valence-corrected chi connectivity index (χ4v) is 4.79. The molecule has 1 aromatic heterocycles. The highest BCUT2D eigenvalue weighted by molar-refractivity contribution is 6.33. The number of amides is 1. The van der Waals surface area contributed by atoms with Crippen LogP contribution in [0.25, 0.3) is 23.0 Å². The lowest BCUT2D eigenvalue weighted by Crippen LogP contribution is -2.49. The first-order valence-corrected chi connectivity index (χ1v) is 12.7. The molecule has 0 bridgehead atoms. The molecular weight excluding hydrogens is 503 g/mol. The van der Waals surface area contributed by atoms with Crippen LogP contribution >= 0.6 is 23.2 Å². The van der Waals surface area contributed by atoms with Crippen LogP contribution in [0.4, 0.5) is 0 Å². The quantitative estimate of drug-likeness (QED) is 0.269. The van der Waals surface area contributed by atoms with Crippen molar-refractivity contribution < 1.29 is 4.79 Å². The maximum Gasteiger partial charge on any atom is 0.272 e. The fraction of sp³-hybridized carbons (Fsp3) is 0.200. The number of hydrogen-bond acceptors (Lipinski definition) is 3. The molecule has 0 spiro atoms. The van der Waals surface area contributed by atoms with Gasteiger partial charge in [-0.3, -0.25) is 9.69 Å². The summed E-state index contributed by atoms with van der Waals surface area (Å²) >= 11 is 12.9. The van der Waals surface area contributed by atoms with Crippen LogP contribution in [0.15, 0.2) is 91.0 Å². The van der Waals surface area contributed by atoms with E-state index < -0.39 is 0 Å². The summed E-state index contributed by atoms with van der Waals surface area (Å²) in [5.74, 6) is -0.0693. The van der Waals surface area contributed by atoms with Gasteiger partial charge < -0.3 is 4.90 Å². The second-order valence-corrected chi connectivity index (χ2v) is 9.48. The van der Waals surface area contributed by atoms with Crippen LogP contribution in [-0.4, -0.2) is 58.2 Å². The number of nitrogens with zero attached hydrogens (tertiary/aromatic N) is 4. The molecule has 1 aliphatic heterocycles. The average molecular weight is 534 g/mol. The molecule has 5 nitrogen and oxygen atoms in total. The van der Waals surface area contributed by atoms with Gasteiger partial charge in [0, 0.05) is 38.3 Å². The molecule has 2 heterocycles. The van der Waals surface area contributed by atoms with Crippen molar-refractivity contribution >= 4 is 35.2 Å². The Morgan fingerprint density at radius 1 is 0.838 bits per heavy atom. The number of aromatic nitrogens is 2. The zero-order valence-electron chi connectivity index (χ0n) is 19.7. The molecule has 4 aromatic rings. The molecule has 0 atom stereocenters. The molecule has 7 heteroatoms. The minimum Gasteiger partial charge on any atom is -0.335 e. The third-order valence-corrected chi connectivity index (χ3v) is 6.94. The lowest BCUT2D eigenvalue weighted by atomic mass is 10.1. The van der Waals surface area contributed by atoms with E-state index in [-0.39, 0.29) is 13.3 Å². The molecule has 5 rings (SSSR count). The summed E-state index contributed by atoms with van der Waals surface area (Å²) in [5, 5.41) is 5.86. The van der Waals surface area contributed by atoms with Gasteiger partial charge in [0.15, 0.2) is 0 Å². The van der Waals surface area contributed by atoms with Gasteiger partial charge in [-0.2, -0.15) is 5.10 Å². The first-order valence-electron chi connectivity index (χ1n) is 11.9. The Labute approximate surface area is 228 Å². The van der Waals surface area contributed by atoms with Gasteiger partial charge in [0.2, 0.25) is 0 Å². The van der Waals surface area contributed by atoms with E-state index in [0.717, 1.165) is 25.2 Å². The predicted molar refractivity (Wildman–Crippen MR) is 154 cm³/mol. The van der Waals surface area contributed by atoms with E-state index in [0.29, 0.717) is 40.2 Å². The van der Waals surface area contributed by atoms with Crippen LogP contribution in [0.5, 0.6) is 0 Å². The Balaban J connectivity index is 0.00000320. The van der Waals surface area contributed by atoms with Gasteiger partial charge in [-0.05, 0) is 29.8 Å². The molecular formula is C30H30Cl2N4O. The van der Waals surface area contributed by atoms with E-state index in [2.05, 4.69) is 29.2 Å². The number of benzene rings is 3. The topological polar surface area (TPSA) is 41.4 Å². The molecule has 0 aliphatic carbocycles. The van der Waals surface area contributed by atoms with Crippen molar-refractivity contribution in [3.05, 3.63) is 112 Å². The Morgan fingerprint density at radius 2 is 1.49 bits per heavy atom. The summed E-state index contributed by atoms with van der Waals surface area (Å²) in [4.78, 5) is 17.9. The number of piperazine rings is 1. The van der Waals surface area contributed by atoms with Gasteiger partial charge in [-0.15, -0.1) is 0 Å². The highest BCUT2D eigenvalue weighted by Crippen LogP contribution is 2.30. The van der Waals surface area contributed by atoms with E-state index in [1.54, 1.807) is 10.7 Å². The molecule has 0 radical (unpaired) electrons. The van der Waals surface area contributed by atoms with E-state index in [4.69, 9.17) is 28.3 Å². The summed E-state index contributed by atoms with van der Waals surface area (Å²) in [7, 11) is 0. The smallest absolute Gasteiger partial charge is 0.272 e. The van der Waals surface area contributed by atoms with Gasteiger partial charge in [0.05, 0.1) is 21.4 Å². The molecule has 190 valence electrons. The minimum absolute atomic E-state index is 0. The van der Waals surface area contributed by atoms with Gasteiger partial charge >= 0.3 is 0 Å². The lowest BCUT2D eigenvalue weighted by Gasteiger charge is -2.34. The summed E-state index contributed by atoms with van der Waals surface area (Å²) < 4.78 is 1.64. The third kappa shape index (κ3) is 6.13. The van der Waals surface area contributed by atoms with Crippen molar-refractivity contribution in [2.24, 2.45) is 0 Å². The van der Waals surface area contributed by atoms with Crippen molar-refractivity contribution in [2.75, 3.05) is 32.7 Å². The molecule has 1 saturated heterocycles. The van der Waals surface area contributed by atoms with E-state index in [1.165, 1.54) is 5.56 Å². The maximum atomic E-state index is 13.7. The summed E-state index contributed by atoms with van der Waals surface area (Å²) in [6.45, 7) is 3.76. The molecule has 1 aliphatic rings. The largest absolute Gasteiger partial charge is 0.335 e. The Morgan fingerprint density at radius 3 is 2.19 bits per heavy atom. The van der Waals surface area contributed by atoms with Gasteiger partial charge in [0.1, 0.15) is 5.69 Å². The Bertz CT molecular complexity index is 1380. The third-order valence-electron chi connectivity index (χ3n) is 6.29. The molecule has 0 N–H and O–H groups in total. The summed E-state index contributed by atoms with van der Waals surface area (Å²) in [6, 6.07) is 27.0. The first-order chi connectivity index (χ1) is 17.6. The number of halogens is 2. The fourth-order valence-electron chi connectivity index (χ4n) is 4.34. The molecule has 37 heavy (non-hydrogen) atoms. The average Bonchev–Trinajstić information content (AvgIpc) is 3.35. The SMILES string of the molecule is C.O=C(c1cc(-c2ccccc2Cl)nn1-c1ccccc1Cl)N1CCN(C/C=C/c2ccccc2)CC1. The Hall–Kier alpha value is -3.38. The number of carbonyl (C=O) groups is 1. The normalized spacial score (nSPS) is 14.1. The predicted octanol–water partition coefficient (Wildman–Crippen LogP) is 6.95. The summed E-state index contributed by atoms with van der Waals surface area (Å²) in [5.41, 5.74) is 3.72. The van der Waals surface area contributed by atoms with Gasteiger partial charge in [-0.1, -0.05) is 103 Å². The summed E-state index contributed by atoms with van der Waals surface area (Å²) in [6.07, 6.45) is 4.31. The molecule has 1 amide bonds.